The van der Waals surface area contributed by atoms with Crippen molar-refractivity contribution in [2.45, 2.75) is 6.10 Å². The molecule has 0 aliphatic carbocycles. The van der Waals surface area contributed by atoms with Crippen LogP contribution in [0.25, 0.3) is 10.9 Å². The van der Waals surface area contributed by atoms with E-state index < -0.39 is 0 Å². The maximum atomic E-state index is 12.2. The molecule has 0 spiro atoms. The molecule has 0 radical (unpaired) electrons. The Morgan fingerprint density at radius 1 is 1.27 bits per heavy atom. The lowest BCUT2D eigenvalue weighted by atomic mass is 10.1. The number of nitrogens with one attached hydrogen (secondary N) is 1. The Morgan fingerprint density at radius 2 is 2.09 bits per heavy atom. The zero-order valence-electron chi connectivity index (χ0n) is 12.8. The number of ether oxygens (including phenoxy) is 1. The maximum Gasteiger partial charge on any atom is 0.258 e. The van der Waals surface area contributed by atoms with E-state index >= 15 is 0 Å². The standard InChI is InChI=1S/C17H15N3O2/c21-17-15-8-13(6-7-16(15)18-11-19-17)20(9-14-10-22-14)12-4-2-1-3-5-12/h1-8,11,14H,9-10H2,(H,18,19,21)/i/hD. The quantitative estimate of drug-likeness (QED) is 0.751. The summed E-state index contributed by atoms with van der Waals surface area (Å²) in [5.74, 6) is 0. The zero-order chi connectivity index (χ0) is 15.8. The number of rotatable bonds is 4. The fourth-order valence-corrected chi connectivity index (χ4v) is 2.53. The van der Waals surface area contributed by atoms with E-state index in [1.54, 1.807) is 6.07 Å². The fraction of sp³-hybridized carbons (Fsp3) is 0.176. The number of anilines is 2. The second-order valence-corrected chi connectivity index (χ2v) is 5.28. The summed E-state index contributed by atoms with van der Waals surface area (Å²) >= 11 is 0. The predicted octanol–water partition coefficient (Wildman–Crippen LogP) is 2.46. The van der Waals surface area contributed by atoms with Crippen LogP contribution in [0.3, 0.4) is 0 Å². The van der Waals surface area contributed by atoms with E-state index in [0.717, 1.165) is 29.5 Å². The van der Waals surface area contributed by atoms with Crippen LogP contribution in [0.5, 0.6) is 0 Å². The van der Waals surface area contributed by atoms with Crippen molar-refractivity contribution in [1.82, 2.24) is 9.96 Å². The summed E-state index contributed by atoms with van der Waals surface area (Å²) in [4.78, 5) is 19.2. The van der Waals surface area contributed by atoms with Crippen LogP contribution in [0.1, 0.15) is 0 Å². The van der Waals surface area contributed by atoms with Gasteiger partial charge in [-0.05, 0) is 30.3 Å². The van der Waals surface area contributed by atoms with Crippen molar-refractivity contribution < 1.29 is 6.15 Å². The summed E-state index contributed by atoms with van der Waals surface area (Å²) in [6, 6.07) is 15.5. The van der Waals surface area contributed by atoms with Gasteiger partial charge in [0.15, 0.2) is 1.41 Å². The van der Waals surface area contributed by atoms with E-state index in [1.807, 2.05) is 42.5 Å². The molecule has 2 aromatic carbocycles. The number of aromatic amines is 1. The van der Waals surface area contributed by atoms with Crippen LogP contribution in [0, 0.1) is 0 Å². The first-order chi connectivity index (χ1) is 11.2. The molecule has 1 N–H and O–H groups in total. The summed E-state index contributed by atoms with van der Waals surface area (Å²) < 4.78 is 12.9. The molecule has 2 heterocycles. The Labute approximate surface area is 128 Å². The third kappa shape index (κ3) is 2.46. The minimum atomic E-state index is -0.368. The van der Waals surface area contributed by atoms with Gasteiger partial charge in [0.25, 0.3) is 5.56 Å². The third-order valence-corrected chi connectivity index (χ3v) is 3.75. The largest absolute Gasteiger partial charge is 0.371 e. The lowest BCUT2D eigenvalue weighted by Crippen LogP contribution is -2.22. The van der Waals surface area contributed by atoms with Crippen molar-refractivity contribution in [3.63, 3.8) is 0 Å². The molecule has 1 fully saturated rings. The number of hydrogen-bond donors (Lipinski definition) is 1. The van der Waals surface area contributed by atoms with E-state index in [0.29, 0.717) is 10.9 Å². The van der Waals surface area contributed by atoms with Gasteiger partial charge >= 0.3 is 0 Å². The van der Waals surface area contributed by atoms with Gasteiger partial charge in [0.1, 0.15) is 0 Å². The van der Waals surface area contributed by atoms with Crippen LogP contribution in [0.4, 0.5) is 11.4 Å². The molecular weight excluding hydrogens is 278 g/mol. The number of benzene rings is 2. The third-order valence-electron chi connectivity index (χ3n) is 3.75. The van der Waals surface area contributed by atoms with Gasteiger partial charge in [0, 0.05) is 11.4 Å². The minimum absolute atomic E-state index is 0.215. The summed E-state index contributed by atoms with van der Waals surface area (Å²) in [7, 11) is 0. The van der Waals surface area contributed by atoms with Crippen LogP contribution >= 0.6 is 0 Å². The molecule has 0 amide bonds. The highest BCUT2D eigenvalue weighted by Gasteiger charge is 2.26. The molecular formula is C17H15N3O2. The van der Waals surface area contributed by atoms with Gasteiger partial charge in [-0.25, -0.2) is 4.98 Å². The first-order valence-electron chi connectivity index (χ1n) is 7.62. The normalized spacial score (nSPS) is 17.3. The molecule has 22 heavy (non-hydrogen) atoms. The van der Waals surface area contributed by atoms with Crippen LogP contribution < -0.4 is 10.5 Å². The summed E-state index contributed by atoms with van der Waals surface area (Å²) in [6.45, 7) is 1.49. The van der Waals surface area contributed by atoms with Crippen molar-refractivity contribution >= 4 is 22.3 Å². The lowest BCUT2D eigenvalue weighted by molar-refractivity contribution is 0.411. The van der Waals surface area contributed by atoms with E-state index in [4.69, 9.17) is 6.15 Å². The van der Waals surface area contributed by atoms with Gasteiger partial charge in [-0.15, -0.1) is 0 Å². The number of aromatic nitrogens is 2. The molecule has 1 atom stereocenters. The number of epoxide rings is 1. The fourth-order valence-electron chi connectivity index (χ4n) is 2.53. The van der Waals surface area contributed by atoms with Crippen LogP contribution in [-0.4, -0.2) is 29.2 Å². The summed E-state index contributed by atoms with van der Waals surface area (Å²) in [6.07, 6.45) is 1.43. The average molecular weight is 294 g/mol. The molecule has 5 heteroatoms. The smallest absolute Gasteiger partial charge is 0.258 e. The van der Waals surface area contributed by atoms with Crippen molar-refractivity contribution in [3.8, 4) is 0 Å². The molecule has 1 aromatic heterocycles. The molecule has 1 saturated heterocycles. The number of para-hydroxylation sites is 1. The second-order valence-electron chi connectivity index (χ2n) is 5.28. The zero-order valence-corrected chi connectivity index (χ0v) is 11.8. The van der Waals surface area contributed by atoms with Crippen molar-refractivity contribution in [1.29, 1.82) is 0 Å². The Balaban J connectivity index is 1.83. The Kier molecular flexibility index (Phi) is 2.86. The molecule has 0 bridgehead atoms. The molecule has 4 rings (SSSR count). The van der Waals surface area contributed by atoms with E-state index in [2.05, 4.69) is 9.88 Å². The summed E-state index contributed by atoms with van der Waals surface area (Å²) in [5.41, 5.74) is 2.16. The van der Waals surface area contributed by atoms with E-state index in [-0.39, 0.29) is 11.7 Å². The maximum absolute atomic E-state index is 12.2. The minimum Gasteiger partial charge on any atom is -0.371 e. The molecule has 1 unspecified atom stereocenters. The second kappa shape index (κ2) is 5.27. The van der Waals surface area contributed by atoms with Gasteiger partial charge in [0.05, 0.1) is 36.5 Å². The molecule has 3 aromatic rings. The van der Waals surface area contributed by atoms with E-state index in [9.17, 15) is 4.79 Å². The molecule has 110 valence electrons. The number of nitrogens with zero attached hydrogens (tertiary/aromatic N) is 2. The first-order valence-corrected chi connectivity index (χ1v) is 7.17. The van der Waals surface area contributed by atoms with Crippen LogP contribution in [0.2, 0.25) is 1.41 Å². The number of H-pyrrole nitrogens is 1. The van der Waals surface area contributed by atoms with E-state index in [1.165, 1.54) is 6.33 Å². The predicted molar refractivity (Wildman–Crippen MR) is 85.6 cm³/mol. The average Bonchev–Trinajstić information content (AvgIpc) is 3.41. The number of hydrogen-bond acceptors (Lipinski definition) is 4. The van der Waals surface area contributed by atoms with Gasteiger partial charge < -0.3 is 14.6 Å². The highest BCUT2D eigenvalue weighted by atomic mass is 16.6. The molecule has 5 nitrogen and oxygen atoms in total. The van der Waals surface area contributed by atoms with Crippen LogP contribution in [-0.2, 0) is 4.74 Å². The number of fused-ring (bicyclic) bond motifs is 1. The van der Waals surface area contributed by atoms with Crippen molar-refractivity contribution in [2.75, 3.05) is 18.1 Å². The SMILES string of the molecule is [2H]n1cnc2ccc(N(CC3CO3)c3ccccc3)cc2c1=O. The Bertz CT molecular complexity index is 907. The van der Waals surface area contributed by atoms with Gasteiger partial charge in [0.2, 0.25) is 0 Å². The van der Waals surface area contributed by atoms with Crippen LogP contribution in [0.15, 0.2) is 59.7 Å². The topological polar surface area (TPSA) is 61.5 Å². The molecule has 1 aliphatic heterocycles. The molecule has 1 aliphatic rings. The first kappa shape index (κ1) is 11.9. The van der Waals surface area contributed by atoms with Gasteiger partial charge in [-0.3, -0.25) is 4.79 Å². The van der Waals surface area contributed by atoms with Gasteiger partial charge in [-0.2, -0.15) is 0 Å². The highest BCUT2D eigenvalue weighted by molar-refractivity contribution is 5.83. The van der Waals surface area contributed by atoms with Gasteiger partial charge in [-0.1, -0.05) is 18.2 Å². The Hall–Kier alpha value is -2.66. The monoisotopic (exact) mass is 294 g/mol. The Morgan fingerprint density at radius 3 is 2.86 bits per heavy atom. The van der Waals surface area contributed by atoms with Crippen molar-refractivity contribution in [2.24, 2.45) is 0 Å². The lowest BCUT2D eigenvalue weighted by Gasteiger charge is -2.24. The molecule has 0 saturated carbocycles. The highest BCUT2D eigenvalue weighted by Crippen LogP contribution is 2.29. The van der Waals surface area contributed by atoms with Crippen molar-refractivity contribution in [3.05, 3.63) is 65.2 Å². The summed E-state index contributed by atoms with van der Waals surface area (Å²) in [5, 5.41) is 0.442.